The van der Waals surface area contributed by atoms with Gasteiger partial charge in [0.2, 0.25) is 0 Å². The van der Waals surface area contributed by atoms with Crippen molar-refractivity contribution in [2.75, 3.05) is 0 Å². The molecule has 1 aromatic heterocycles. The van der Waals surface area contributed by atoms with Gasteiger partial charge in [0.05, 0.1) is 5.56 Å². The Bertz CT molecular complexity index is 312. The molecular formula is C9H12N2O2. The molecule has 1 heterocycles. The van der Waals surface area contributed by atoms with E-state index in [2.05, 4.69) is 4.98 Å². The van der Waals surface area contributed by atoms with Crippen LogP contribution in [0, 0.1) is 0 Å². The topological polar surface area (TPSA) is 76.2 Å². The van der Waals surface area contributed by atoms with Gasteiger partial charge in [0.15, 0.2) is 0 Å². The Kier molecular flexibility index (Phi) is 2.97. The van der Waals surface area contributed by atoms with E-state index in [-0.39, 0.29) is 11.6 Å². The second-order valence-electron chi connectivity index (χ2n) is 2.78. The third-order valence-electron chi connectivity index (χ3n) is 1.92. The van der Waals surface area contributed by atoms with Gasteiger partial charge < -0.3 is 10.8 Å². The molecule has 1 unspecified atom stereocenters. The number of hydrogen-bond acceptors (Lipinski definition) is 3. The summed E-state index contributed by atoms with van der Waals surface area (Å²) in [6.07, 6.45) is 3.67. The standard InChI is InChI=1S/C9H12N2O2/c1-2-8(10)7-5-11-4-3-6(7)9(12)13/h3-5,8H,2,10H2,1H3,(H,12,13). The maximum Gasteiger partial charge on any atom is 0.336 e. The van der Waals surface area contributed by atoms with Crippen molar-refractivity contribution in [2.24, 2.45) is 5.73 Å². The number of aromatic nitrogens is 1. The van der Waals surface area contributed by atoms with Gasteiger partial charge in [-0.15, -0.1) is 0 Å². The van der Waals surface area contributed by atoms with E-state index in [1.807, 2.05) is 6.92 Å². The Balaban J connectivity index is 3.11. The second-order valence-corrected chi connectivity index (χ2v) is 2.78. The summed E-state index contributed by atoms with van der Waals surface area (Å²) in [7, 11) is 0. The summed E-state index contributed by atoms with van der Waals surface area (Å²) in [5, 5.41) is 8.83. The van der Waals surface area contributed by atoms with Crippen molar-refractivity contribution in [2.45, 2.75) is 19.4 Å². The minimum absolute atomic E-state index is 0.240. The summed E-state index contributed by atoms with van der Waals surface area (Å²) >= 11 is 0. The highest BCUT2D eigenvalue weighted by molar-refractivity contribution is 5.89. The lowest BCUT2D eigenvalue weighted by Gasteiger charge is -2.10. The normalized spacial score (nSPS) is 12.5. The van der Waals surface area contributed by atoms with Gasteiger partial charge in [-0.05, 0) is 12.5 Å². The summed E-state index contributed by atoms with van der Waals surface area (Å²) in [5.41, 5.74) is 6.56. The molecule has 4 heteroatoms. The van der Waals surface area contributed by atoms with Gasteiger partial charge in [-0.25, -0.2) is 4.79 Å². The number of nitrogens with two attached hydrogens (primary N) is 1. The number of nitrogens with zero attached hydrogens (tertiary/aromatic N) is 1. The predicted molar refractivity (Wildman–Crippen MR) is 48.4 cm³/mol. The Morgan fingerprint density at radius 1 is 1.77 bits per heavy atom. The number of carboxylic acid groups (broad SMARTS) is 1. The molecule has 4 nitrogen and oxygen atoms in total. The van der Waals surface area contributed by atoms with Gasteiger partial charge in [0.25, 0.3) is 0 Å². The molecule has 0 bridgehead atoms. The first kappa shape index (κ1) is 9.67. The first-order valence-electron chi connectivity index (χ1n) is 4.09. The third kappa shape index (κ3) is 2.03. The molecular weight excluding hydrogens is 168 g/mol. The summed E-state index contributed by atoms with van der Waals surface area (Å²) in [5.74, 6) is -0.957. The molecule has 0 spiro atoms. The lowest BCUT2D eigenvalue weighted by Crippen LogP contribution is -2.14. The molecule has 0 saturated carbocycles. The third-order valence-corrected chi connectivity index (χ3v) is 1.92. The lowest BCUT2D eigenvalue weighted by atomic mass is 10.0. The number of aromatic carboxylic acids is 1. The second kappa shape index (κ2) is 4.00. The van der Waals surface area contributed by atoms with Gasteiger partial charge >= 0.3 is 5.97 Å². The highest BCUT2D eigenvalue weighted by Gasteiger charge is 2.13. The van der Waals surface area contributed by atoms with Crippen LogP contribution in [0.2, 0.25) is 0 Å². The number of rotatable bonds is 3. The molecule has 1 atom stereocenters. The number of hydrogen-bond donors (Lipinski definition) is 2. The van der Waals surface area contributed by atoms with Crippen LogP contribution in [0.1, 0.15) is 35.3 Å². The maximum absolute atomic E-state index is 10.8. The fraction of sp³-hybridized carbons (Fsp3) is 0.333. The van der Waals surface area contributed by atoms with Crippen molar-refractivity contribution in [3.05, 3.63) is 29.6 Å². The van der Waals surface area contributed by atoms with Crippen LogP contribution in [0.5, 0.6) is 0 Å². The van der Waals surface area contributed by atoms with Gasteiger partial charge in [0.1, 0.15) is 0 Å². The zero-order chi connectivity index (χ0) is 9.84. The monoisotopic (exact) mass is 180 g/mol. The zero-order valence-corrected chi connectivity index (χ0v) is 7.40. The molecule has 70 valence electrons. The Morgan fingerprint density at radius 2 is 2.46 bits per heavy atom. The Morgan fingerprint density at radius 3 is 3.00 bits per heavy atom. The van der Waals surface area contributed by atoms with E-state index in [1.54, 1.807) is 0 Å². The van der Waals surface area contributed by atoms with Gasteiger partial charge in [0, 0.05) is 24.0 Å². The maximum atomic E-state index is 10.8. The number of carbonyl (C=O) groups is 1. The zero-order valence-electron chi connectivity index (χ0n) is 7.40. The van der Waals surface area contributed by atoms with Crippen LogP contribution in [0.25, 0.3) is 0 Å². The van der Waals surface area contributed by atoms with Crippen molar-refractivity contribution in [3.8, 4) is 0 Å². The summed E-state index contributed by atoms with van der Waals surface area (Å²) in [6, 6.07) is 1.22. The van der Waals surface area contributed by atoms with Crippen molar-refractivity contribution in [1.29, 1.82) is 0 Å². The van der Waals surface area contributed by atoms with E-state index in [0.717, 1.165) is 0 Å². The number of carboxylic acids is 1. The molecule has 0 aliphatic carbocycles. The predicted octanol–water partition coefficient (Wildman–Crippen LogP) is 1.19. The van der Waals surface area contributed by atoms with Gasteiger partial charge in [-0.1, -0.05) is 6.92 Å². The fourth-order valence-electron chi connectivity index (χ4n) is 1.12. The van der Waals surface area contributed by atoms with Crippen molar-refractivity contribution < 1.29 is 9.90 Å². The number of pyridine rings is 1. The van der Waals surface area contributed by atoms with E-state index in [9.17, 15) is 4.79 Å². The SMILES string of the molecule is CCC(N)c1cnccc1C(=O)O. The van der Waals surface area contributed by atoms with Crippen molar-refractivity contribution in [3.63, 3.8) is 0 Å². The average Bonchev–Trinajstić information content (AvgIpc) is 2.16. The van der Waals surface area contributed by atoms with Crippen LogP contribution in [0.4, 0.5) is 0 Å². The van der Waals surface area contributed by atoms with Crippen LogP contribution >= 0.6 is 0 Å². The van der Waals surface area contributed by atoms with Crippen molar-refractivity contribution in [1.82, 2.24) is 4.98 Å². The molecule has 0 aliphatic heterocycles. The molecule has 1 aromatic rings. The molecule has 0 aromatic carbocycles. The van der Waals surface area contributed by atoms with E-state index < -0.39 is 5.97 Å². The van der Waals surface area contributed by atoms with Crippen LogP contribution in [-0.4, -0.2) is 16.1 Å². The molecule has 13 heavy (non-hydrogen) atoms. The van der Waals surface area contributed by atoms with Gasteiger partial charge in [-0.2, -0.15) is 0 Å². The van der Waals surface area contributed by atoms with Crippen molar-refractivity contribution >= 4 is 5.97 Å². The minimum Gasteiger partial charge on any atom is -0.478 e. The van der Waals surface area contributed by atoms with E-state index in [4.69, 9.17) is 10.8 Å². The minimum atomic E-state index is -0.957. The Hall–Kier alpha value is -1.42. The van der Waals surface area contributed by atoms with Crippen LogP contribution in [0.3, 0.4) is 0 Å². The molecule has 0 amide bonds. The Labute approximate surface area is 76.4 Å². The first-order chi connectivity index (χ1) is 6.16. The van der Waals surface area contributed by atoms with Crippen LogP contribution < -0.4 is 5.73 Å². The lowest BCUT2D eigenvalue weighted by molar-refractivity contribution is 0.0695. The van der Waals surface area contributed by atoms with E-state index in [0.29, 0.717) is 12.0 Å². The quantitative estimate of drug-likeness (QED) is 0.732. The van der Waals surface area contributed by atoms with Gasteiger partial charge in [-0.3, -0.25) is 4.98 Å². The van der Waals surface area contributed by atoms with E-state index in [1.165, 1.54) is 18.5 Å². The molecule has 1 rings (SSSR count). The molecule has 3 N–H and O–H groups in total. The summed E-state index contributed by atoms with van der Waals surface area (Å²) in [4.78, 5) is 14.6. The van der Waals surface area contributed by atoms with Crippen LogP contribution in [-0.2, 0) is 0 Å². The molecule has 0 fully saturated rings. The molecule has 0 aliphatic rings. The highest BCUT2D eigenvalue weighted by Crippen LogP contribution is 2.16. The van der Waals surface area contributed by atoms with E-state index >= 15 is 0 Å². The largest absolute Gasteiger partial charge is 0.478 e. The first-order valence-corrected chi connectivity index (χ1v) is 4.09. The molecule has 0 radical (unpaired) electrons. The summed E-state index contributed by atoms with van der Waals surface area (Å²) in [6.45, 7) is 1.91. The smallest absolute Gasteiger partial charge is 0.336 e. The molecule has 0 saturated heterocycles. The fourth-order valence-corrected chi connectivity index (χ4v) is 1.12. The highest BCUT2D eigenvalue weighted by atomic mass is 16.4. The van der Waals surface area contributed by atoms with Crippen LogP contribution in [0.15, 0.2) is 18.5 Å². The summed E-state index contributed by atoms with van der Waals surface area (Å²) < 4.78 is 0. The average molecular weight is 180 g/mol.